The number of aromatic nitrogens is 2. The lowest BCUT2D eigenvalue weighted by atomic mass is 9.95. The molecule has 1 N–H and O–H groups in total. The summed E-state index contributed by atoms with van der Waals surface area (Å²) in [4.78, 5) is 28.7. The number of thioether (sulfide) groups is 1. The van der Waals surface area contributed by atoms with E-state index >= 15 is 0 Å². The number of halogens is 1. The van der Waals surface area contributed by atoms with Crippen LogP contribution in [-0.4, -0.2) is 53.4 Å². The number of ketones is 1. The zero-order valence-corrected chi connectivity index (χ0v) is 26.7. The van der Waals surface area contributed by atoms with Crippen molar-refractivity contribution in [3.63, 3.8) is 0 Å². The number of carbonyl (C=O) groups is 2. The molecule has 0 spiro atoms. The van der Waals surface area contributed by atoms with Crippen LogP contribution >= 0.6 is 23.1 Å². The predicted molar refractivity (Wildman–Crippen MR) is 171 cm³/mol. The summed E-state index contributed by atoms with van der Waals surface area (Å²) < 4.78 is 37.7. The van der Waals surface area contributed by atoms with Gasteiger partial charge in [0, 0.05) is 11.3 Å². The van der Waals surface area contributed by atoms with Crippen molar-refractivity contribution < 1.29 is 38.0 Å². The van der Waals surface area contributed by atoms with Crippen LogP contribution in [0.3, 0.4) is 0 Å². The molecule has 46 heavy (non-hydrogen) atoms. The number of hydrogen-bond donors (Lipinski definition) is 1. The molecule has 0 saturated carbocycles. The number of benzene rings is 3. The summed E-state index contributed by atoms with van der Waals surface area (Å²) in [6, 6.07) is 15.3. The first-order valence-electron chi connectivity index (χ1n) is 14.7. The fourth-order valence-electron chi connectivity index (χ4n) is 5.10. The van der Waals surface area contributed by atoms with Crippen LogP contribution in [0.5, 0.6) is 23.0 Å². The van der Waals surface area contributed by atoms with E-state index < -0.39 is 17.7 Å². The molecule has 0 radical (unpaired) electrons. The van der Waals surface area contributed by atoms with Gasteiger partial charge in [-0.1, -0.05) is 54.3 Å². The van der Waals surface area contributed by atoms with Crippen LogP contribution in [-0.2, 0) is 15.3 Å². The molecule has 2 aliphatic rings. The number of aliphatic hydroxyl groups is 1. The number of rotatable bonds is 11. The van der Waals surface area contributed by atoms with Crippen LogP contribution in [0, 0.1) is 5.82 Å². The molecule has 1 aromatic heterocycles. The maximum Gasteiger partial charge on any atom is 0.301 e. The molecule has 1 atom stereocenters. The summed E-state index contributed by atoms with van der Waals surface area (Å²) in [5.41, 5.74) is 1.13. The molecule has 6 rings (SSSR count). The maximum absolute atomic E-state index is 14.2. The largest absolute Gasteiger partial charge is 0.507 e. The van der Waals surface area contributed by atoms with Crippen molar-refractivity contribution in [2.45, 2.75) is 36.4 Å². The van der Waals surface area contributed by atoms with E-state index in [0.717, 1.165) is 17.8 Å². The number of amides is 1. The third-order valence-corrected chi connectivity index (χ3v) is 9.32. The molecule has 1 amide bonds. The van der Waals surface area contributed by atoms with Crippen molar-refractivity contribution in [3.05, 3.63) is 88.7 Å². The van der Waals surface area contributed by atoms with Gasteiger partial charge in [0.2, 0.25) is 5.13 Å². The van der Waals surface area contributed by atoms with Gasteiger partial charge in [0.25, 0.3) is 5.78 Å². The van der Waals surface area contributed by atoms with E-state index in [1.807, 2.05) is 13.8 Å². The molecular formula is C33H30FN3O7S2. The van der Waals surface area contributed by atoms with E-state index in [2.05, 4.69) is 10.2 Å². The molecule has 0 unspecified atom stereocenters. The molecule has 0 aliphatic carbocycles. The summed E-state index contributed by atoms with van der Waals surface area (Å²) in [5, 5.41) is 20.3. The van der Waals surface area contributed by atoms with Crippen LogP contribution in [0.1, 0.15) is 43.0 Å². The molecule has 3 heterocycles. The van der Waals surface area contributed by atoms with Crippen LogP contribution in [0.25, 0.3) is 5.76 Å². The summed E-state index contributed by atoms with van der Waals surface area (Å²) in [7, 11) is 0. The average Bonchev–Trinajstić information content (AvgIpc) is 3.64. The number of ether oxygens (including phenoxy) is 4. The summed E-state index contributed by atoms with van der Waals surface area (Å²) in [6.07, 6.45) is 0.789. The highest BCUT2D eigenvalue weighted by molar-refractivity contribution is 8.00. The highest BCUT2D eigenvalue weighted by Crippen LogP contribution is 2.46. The Balaban J connectivity index is 1.43. The molecule has 1 saturated heterocycles. The van der Waals surface area contributed by atoms with Gasteiger partial charge in [-0.3, -0.25) is 14.5 Å². The predicted octanol–water partition coefficient (Wildman–Crippen LogP) is 6.55. The first kappa shape index (κ1) is 31.4. The van der Waals surface area contributed by atoms with Gasteiger partial charge in [0.05, 0.1) is 24.8 Å². The van der Waals surface area contributed by atoms with Crippen molar-refractivity contribution in [2.24, 2.45) is 0 Å². The third kappa shape index (κ3) is 6.24. The summed E-state index contributed by atoms with van der Waals surface area (Å²) >= 11 is 2.35. The zero-order valence-electron chi connectivity index (χ0n) is 25.0. The van der Waals surface area contributed by atoms with Gasteiger partial charge < -0.3 is 24.1 Å². The van der Waals surface area contributed by atoms with Gasteiger partial charge in [-0.2, -0.15) is 0 Å². The number of carbonyl (C=O) groups excluding carboxylic acids is 2. The molecule has 3 aromatic carbocycles. The third-order valence-electron chi connectivity index (χ3n) is 7.22. The molecule has 10 nitrogen and oxygen atoms in total. The zero-order chi connectivity index (χ0) is 32.2. The minimum atomic E-state index is -1.08. The maximum atomic E-state index is 14.2. The minimum absolute atomic E-state index is 0.137. The van der Waals surface area contributed by atoms with Gasteiger partial charge >= 0.3 is 5.91 Å². The van der Waals surface area contributed by atoms with Crippen molar-refractivity contribution in [1.82, 2.24) is 10.2 Å². The Labute approximate surface area is 272 Å². The number of fused-ring (bicyclic) bond motifs is 1. The normalized spacial score (nSPS) is 16.9. The lowest BCUT2D eigenvalue weighted by Crippen LogP contribution is -2.29. The van der Waals surface area contributed by atoms with E-state index in [4.69, 9.17) is 18.9 Å². The molecule has 1 fully saturated rings. The number of hydrogen-bond acceptors (Lipinski definition) is 11. The van der Waals surface area contributed by atoms with Gasteiger partial charge in [0.1, 0.15) is 24.8 Å². The van der Waals surface area contributed by atoms with E-state index in [9.17, 15) is 19.1 Å². The second kappa shape index (κ2) is 13.8. The Bertz CT molecular complexity index is 1810. The van der Waals surface area contributed by atoms with E-state index in [-0.39, 0.29) is 27.8 Å². The Hall–Kier alpha value is -4.62. The van der Waals surface area contributed by atoms with E-state index in [1.165, 1.54) is 22.7 Å². The molecule has 13 heteroatoms. The lowest BCUT2D eigenvalue weighted by Gasteiger charge is -2.24. The van der Waals surface area contributed by atoms with Crippen LogP contribution < -0.4 is 23.8 Å². The molecular weight excluding hydrogens is 634 g/mol. The number of nitrogens with zero attached hydrogens (tertiary/aromatic N) is 3. The smallest absolute Gasteiger partial charge is 0.301 e. The average molecular weight is 664 g/mol. The fourth-order valence-corrected chi connectivity index (χ4v) is 6.95. The Morgan fingerprint density at radius 3 is 2.61 bits per heavy atom. The number of aliphatic hydroxyl groups excluding tert-OH is 1. The van der Waals surface area contributed by atoms with Gasteiger partial charge in [-0.05, 0) is 60.9 Å². The minimum Gasteiger partial charge on any atom is -0.507 e. The Morgan fingerprint density at radius 1 is 1.02 bits per heavy atom. The molecule has 238 valence electrons. The highest BCUT2D eigenvalue weighted by Gasteiger charge is 2.48. The van der Waals surface area contributed by atoms with Crippen molar-refractivity contribution in [2.75, 3.05) is 31.3 Å². The number of Topliss-reactive ketones (excluding diaryl/α,β-unsaturated/α-hetero) is 1. The monoisotopic (exact) mass is 663 g/mol. The van der Waals surface area contributed by atoms with Crippen LogP contribution in [0.4, 0.5) is 9.52 Å². The standard InChI is InChI=1S/C33H30FN3O7S2/c1-3-13-42-23-11-9-19(16-25(23)41-4-2)28-27(29(38)20-10-12-24-26(17-20)44-15-14-43-24)30(39)31(40)37(28)32-35-36-33(46-32)45-18-21-7-5-6-8-22(21)34/h5-12,16-17,28,38H,3-4,13-15,18H2,1-2H3/b29-27+/t28-/m1/s1. The van der Waals surface area contributed by atoms with Crippen LogP contribution in [0.2, 0.25) is 0 Å². The second-order valence-electron chi connectivity index (χ2n) is 10.2. The van der Waals surface area contributed by atoms with Crippen LogP contribution in [0.15, 0.2) is 70.6 Å². The Morgan fingerprint density at radius 2 is 1.83 bits per heavy atom. The molecule has 2 aliphatic heterocycles. The van der Waals surface area contributed by atoms with Crippen molar-refractivity contribution >= 4 is 45.7 Å². The van der Waals surface area contributed by atoms with E-state index in [0.29, 0.717) is 70.6 Å². The Kier molecular flexibility index (Phi) is 9.41. The lowest BCUT2D eigenvalue weighted by molar-refractivity contribution is -0.132. The SMILES string of the molecule is CCCOc1ccc([C@@H]2/C(=C(\O)c3ccc4c(c3)OCCO4)C(=O)C(=O)N2c2nnc(SCc3ccccc3F)s2)cc1OCC. The first-order valence-corrected chi connectivity index (χ1v) is 16.5. The highest BCUT2D eigenvalue weighted by atomic mass is 32.2. The molecule has 0 bridgehead atoms. The van der Waals surface area contributed by atoms with E-state index in [1.54, 1.807) is 54.6 Å². The van der Waals surface area contributed by atoms with Crippen molar-refractivity contribution in [3.8, 4) is 23.0 Å². The fraction of sp³-hybridized carbons (Fsp3) is 0.273. The second-order valence-corrected chi connectivity index (χ2v) is 12.4. The van der Waals surface area contributed by atoms with Crippen molar-refractivity contribution in [1.29, 1.82) is 0 Å². The molecule has 4 aromatic rings. The summed E-state index contributed by atoms with van der Waals surface area (Å²) in [5.74, 6) is -0.323. The number of anilines is 1. The summed E-state index contributed by atoms with van der Waals surface area (Å²) in [6.45, 7) is 5.38. The van der Waals surface area contributed by atoms with Gasteiger partial charge in [0.15, 0.2) is 27.3 Å². The quantitative estimate of drug-likeness (QED) is 0.0622. The first-order chi connectivity index (χ1) is 22.4. The van der Waals surface area contributed by atoms with Gasteiger partial charge in [-0.25, -0.2) is 4.39 Å². The van der Waals surface area contributed by atoms with Gasteiger partial charge in [-0.15, -0.1) is 10.2 Å². The topological polar surface area (TPSA) is 120 Å².